The summed E-state index contributed by atoms with van der Waals surface area (Å²) in [7, 11) is 0. The van der Waals surface area contributed by atoms with E-state index in [9.17, 15) is 9.90 Å². The highest BCUT2D eigenvalue weighted by molar-refractivity contribution is 7.80. The zero-order chi connectivity index (χ0) is 11.4. The summed E-state index contributed by atoms with van der Waals surface area (Å²) < 4.78 is 0. The molecule has 0 unspecified atom stereocenters. The number of nitrogens with two attached hydrogens (primary N) is 1. The summed E-state index contributed by atoms with van der Waals surface area (Å²) >= 11 is 4.51. The fourth-order valence-electron chi connectivity index (χ4n) is 1.03. The number of aryl methyl sites for hydroxylation is 1. The number of benzene rings is 1. The van der Waals surface area contributed by atoms with Crippen molar-refractivity contribution in [1.29, 1.82) is 0 Å². The molecule has 1 aromatic carbocycles. The molecule has 0 heterocycles. The Morgan fingerprint density at radius 3 is 2.73 bits per heavy atom. The molecule has 5 N–H and O–H groups in total. The number of rotatable bonds is 1. The predicted octanol–water partition coefficient (Wildman–Crippen LogP) is 0.179. The summed E-state index contributed by atoms with van der Waals surface area (Å²) in [5, 5.41) is 9.53. The van der Waals surface area contributed by atoms with Gasteiger partial charge in [0.25, 0.3) is 5.91 Å². The highest BCUT2D eigenvalue weighted by Gasteiger charge is 2.11. The lowest BCUT2D eigenvalue weighted by molar-refractivity contribution is 0.0941. The van der Waals surface area contributed by atoms with Gasteiger partial charge in [-0.2, -0.15) is 0 Å². The standard InChI is InChI=1S/C9H11N3O2S/c1-5-3-2-4-6(7(5)13)8(14)11-12-9(10)15/h2-4,13H,1H3,(H,11,14)(H3,10,12,15). The Labute approximate surface area is 92.3 Å². The van der Waals surface area contributed by atoms with E-state index < -0.39 is 5.91 Å². The average Bonchev–Trinajstić information content (AvgIpc) is 2.18. The van der Waals surface area contributed by atoms with Gasteiger partial charge in [0.2, 0.25) is 0 Å². The van der Waals surface area contributed by atoms with Crippen LogP contribution in [0.15, 0.2) is 18.2 Å². The van der Waals surface area contributed by atoms with Crippen molar-refractivity contribution in [3.63, 3.8) is 0 Å². The summed E-state index contributed by atoms with van der Waals surface area (Å²) in [4.78, 5) is 11.5. The average molecular weight is 225 g/mol. The van der Waals surface area contributed by atoms with Gasteiger partial charge in [0, 0.05) is 0 Å². The van der Waals surface area contributed by atoms with Gasteiger partial charge in [0.15, 0.2) is 5.11 Å². The van der Waals surface area contributed by atoms with Crippen LogP contribution in [0.3, 0.4) is 0 Å². The van der Waals surface area contributed by atoms with Crippen LogP contribution in [0.1, 0.15) is 15.9 Å². The second kappa shape index (κ2) is 4.61. The summed E-state index contributed by atoms with van der Waals surface area (Å²) in [5.41, 5.74) is 10.5. The topological polar surface area (TPSA) is 87.4 Å². The number of hydrogen-bond acceptors (Lipinski definition) is 3. The number of thiocarbonyl (C=S) groups is 1. The van der Waals surface area contributed by atoms with Crippen molar-refractivity contribution in [2.45, 2.75) is 6.92 Å². The Kier molecular flexibility index (Phi) is 3.46. The molecular formula is C9H11N3O2S. The van der Waals surface area contributed by atoms with E-state index in [1.807, 2.05) is 0 Å². The van der Waals surface area contributed by atoms with E-state index in [2.05, 4.69) is 23.1 Å². The molecule has 0 aliphatic heterocycles. The number of aromatic hydroxyl groups is 1. The zero-order valence-corrected chi connectivity index (χ0v) is 8.89. The van der Waals surface area contributed by atoms with Crippen molar-refractivity contribution in [2.24, 2.45) is 5.73 Å². The molecule has 1 aromatic rings. The van der Waals surface area contributed by atoms with E-state index in [4.69, 9.17) is 5.73 Å². The number of nitrogens with one attached hydrogen (secondary N) is 2. The van der Waals surface area contributed by atoms with E-state index in [1.54, 1.807) is 19.1 Å². The molecule has 1 amide bonds. The largest absolute Gasteiger partial charge is 0.507 e. The molecule has 1 rings (SSSR count). The number of amides is 1. The number of hydrazine groups is 1. The molecule has 15 heavy (non-hydrogen) atoms. The van der Waals surface area contributed by atoms with Gasteiger partial charge in [-0.25, -0.2) is 0 Å². The van der Waals surface area contributed by atoms with Crippen LogP contribution < -0.4 is 16.6 Å². The van der Waals surface area contributed by atoms with Crippen LogP contribution >= 0.6 is 12.2 Å². The quantitative estimate of drug-likeness (QED) is 0.404. The normalized spacial score (nSPS) is 9.40. The van der Waals surface area contributed by atoms with Crippen LogP contribution in [0, 0.1) is 6.92 Å². The number of para-hydroxylation sites is 1. The lowest BCUT2D eigenvalue weighted by atomic mass is 10.1. The number of hydrogen-bond donors (Lipinski definition) is 4. The van der Waals surface area contributed by atoms with Gasteiger partial charge in [0.05, 0.1) is 5.56 Å². The molecule has 0 atom stereocenters. The first-order valence-electron chi connectivity index (χ1n) is 4.16. The Bertz CT molecular complexity index is 406. The minimum absolute atomic E-state index is 0.0458. The molecule has 5 nitrogen and oxygen atoms in total. The minimum Gasteiger partial charge on any atom is -0.507 e. The van der Waals surface area contributed by atoms with Crippen LogP contribution in [0.4, 0.5) is 0 Å². The second-order valence-electron chi connectivity index (χ2n) is 2.91. The molecule has 0 saturated heterocycles. The van der Waals surface area contributed by atoms with Crippen molar-refractivity contribution in [2.75, 3.05) is 0 Å². The summed E-state index contributed by atoms with van der Waals surface area (Å²) in [6.07, 6.45) is 0. The van der Waals surface area contributed by atoms with Crippen molar-refractivity contribution in [3.8, 4) is 5.75 Å². The van der Waals surface area contributed by atoms with Gasteiger partial charge in [-0.1, -0.05) is 12.1 Å². The molecule has 6 heteroatoms. The van der Waals surface area contributed by atoms with Gasteiger partial charge in [0.1, 0.15) is 5.75 Å². The molecule has 0 aliphatic carbocycles. The van der Waals surface area contributed by atoms with E-state index in [0.717, 1.165) is 0 Å². The molecule has 80 valence electrons. The first-order chi connectivity index (χ1) is 7.02. The molecule has 0 spiro atoms. The molecule has 0 aromatic heterocycles. The number of phenolic OH excluding ortho intramolecular Hbond substituents is 1. The monoisotopic (exact) mass is 225 g/mol. The third kappa shape index (κ3) is 2.81. The van der Waals surface area contributed by atoms with Gasteiger partial charge >= 0.3 is 0 Å². The van der Waals surface area contributed by atoms with Crippen LogP contribution in [0.25, 0.3) is 0 Å². The lowest BCUT2D eigenvalue weighted by Crippen LogP contribution is -2.44. The second-order valence-corrected chi connectivity index (χ2v) is 3.35. The number of carbonyl (C=O) groups excluding carboxylic acids is 1. The van der Waals surface area contributed by atoms with Crippen molar-refractivity contribution < 1.29 is 9.90 Å². The minimum atomic E-state index is -0.496. The van der Waals surface area contributed by atoms with E-state index in [-0.39, 0.29) is 16.4 Å². The van der Waals surface area contributed by atoms with Gasteiger partial charge in [-0.3, -0.25) is 15.6 Å². The van der Waals surface area contributed by atoms with E-state index in [0.29, 0.717) is 5.56 Å². The molecule has 0 aliphatic rings. The molecule has 0 bridgehead atoms. The molecule has 0 fully saturated rings. The maximum Gasteiger partial charge on any atom is 0.273 e. The summed E-state index contributed by atoms with van der Waals surface area (Å²) in [5.74, 6) is -0.552. The summed E-state index contributed by atoms with van der Waals surface area (Å²) in [6.45, 7) is 1.70. The molecule has 0 saturated carbocycles. The van der Waals surface area contributed by atoms with E-state index >= 15 is 0 Å². The van der Waals surface area contributed by atoms with Crippen LogP contribution in [-0.2, 0) is 0 Å². The van der Waals surface area contributed by atoms with Crippen molar-refractivity contribution >= 4 is 23.2 Å². The number of carbonyl (C=O) groups is 1. The molecular weight excluding hydrogens is 214 g/mol. The van der Waals surface area contributed by atoms with E-state index in [1.165, 1.54) is 6.07 Å². The Hall–Kier alpha value is -1.82. The Morgan fingerprint density at radius 1 is 1.47 bits per heavy atom. The third-order valence-electron chi connectivity index (χ3n) is 1.78. The first-order valence-corrected chi connectivity index (χ1v) is 4.57. The fraction of sp³-hybridized carbons (Fsp3) is 0.111. The Balaban J connectivity index is 2.82. The van der Waals surface area contributed by atoms with Crippen molar-refractivity contribution in [1.82, 2.24) is 10.9 Å². The predicted molar refractivity (Wildman–Crippen MR) is 60.2 cm³/mol. The third-order valence-corrected chi connectivity index (χ3v) is 1.88. The highest BCUT2D eigenvalue weighted by Crippen LogP contribution is 2.20. The zero-order valence-electron chi connectivity index (χ0n) is 8.07. The maximum atomic E-state index is 11.5. The summed E-state index contributed by atoms with van der Waals surface area (Å²) in [6, 6.07) is 4.87. The van der Waals surface area contributed by atoms with Gasteiger partial charge < -0.3 is 10.8 Å². The highest BCUT2D eigenvalue weighted by atomic mass is 32.1. The molecule has 0 radical (unpaired) electrons. The number of phenols is 1. The van der Waals surface area contributed by atoms with Crippen LogP contribution in [-0.4, -0.2) is 16.1 Å². The smallest absolute Gasteiger partial charge is 0.273 e. The maximum absolute atomic E-state index is 11.5. The van der Waals surface area contributed by atoms with Crippen LogP contribution in [0.2, 0.25) is 0 Å². The fourth-order valence-corrected chi connectivity index (χ4v) is 1.08. The SMILES string of the molecule is Cc1cccc(C(=O)NNC(N)=S)c1O. The van der Waals surface area contributed by atoms with Gasteiger partial charge in [-0.05, 0) is 30.8 Å². The first kappa shape index (κ1) is 11.3. The van der Waals surface area contributed by atoms with Crippen LogP contribution in [0.5, 0.6) is 5.75 Å². The van der Waals surface area contributed by atoms with Gasteiger partial charge in [-0.15, -0.1) is 0 Å². The Morgan fingerprint density at radius 2 is 2.13 bits per heavy atom. The lowest BCUT2D eigenvalue weighted by Gasteiger charge is -2.08. The van der Waals surface area contributed by atoms with Crippen molar-refractivity contribution in [3.05, 3.63) is 29.3 Å².